The lowest BCUT2D eigenvalue weighted by Gasteiger charge is -2.26. The molecule has 3 N–H and O–H groups in total. The van der Waals surface area contributed by atoms with Crippen LogP contribution in [0.2, 0.25) is 0 Å². The molecule has 0 saturated heterocycles. The van der Waals surface area contributed by atoms with Crippen LogP contribution in [0.3, 0.4) is 0 Å². The summed E-state index contributed by atoms with van der Waals surface area (Å²) in [4.78, 5) is 25.4. The fourth-order valence-electron chi connectivity index (χ4n) is 2.60. The summed E-state index contributed by atoms with van der Waals surface area (Å²) in [5.74, 6) is 0.549. The number of rotatable bonds is 5. The lowest BCUT2D eigenvalue weighted by atomic mass is 9.94. The van der Waals surface area contributed by atoms with Crippen LogP contribution in [0.5, 0.6) is 0 Å². The summed E-state index contributed by atoms with van der Waals surface area (Å²) in [7, 11) is 1.61. The van der Waals surface area contributed by atoms with Crippen LogP contribution in [0.25, 0.3) is 0 Å². The Hall–Kier alpha value is -1.89. The first-order valence-electron chi connectivity index (χ1n) is 7.14. The highest BCUT2D eigenvalue weighted by molar-refractivity contribution is 5.93. The Morgan fingerprint density at radius 2 is 2.14 bits per heavy atom. The Bertz CT molecular complexity index is 520. The first kappa shape index (κ1) is 15.5. The van der Waals surface area contributed by atoms with Gasteiger partial charge in [0.1, 0.15) is 5.76 Å². The van der Waals surface area contributed by atoms with E-state index in [1.165, 1.54) is 4.90 Å². The summed E-state index contributed by atoms with van der Waals surface area (Å²) in [6.07, 6.45) is 4.17. The number of carbonyl (C=O) groups is 2. The third-order valence-corrected chi connectivity index (χ3v) is 3.80. The zero-order chi connectivity index (χ0) is 15.5. The van der Waals surface area contributed by atoms with Crippen LogP contribution >= 0.6 is 0 Å². The van der Waals surface area contributed by atoms with Crippen molar-refractivity contribution < 1.29 is 14.1 Å². The van der Waals surface area contributed by atoms with E-state index in [0.717, 1.165) is 25.7 Å². The van der Waals surface area contributed by atoms with Crippen LogP contribution in [-0.4, -0.2) is 41.0 Å². The number of likely N-dealkylation sites (N-methyl/N-ethyl adjacent to an activating group) is 1. The lowest BCUT2D eigenvalue weighted by Crippen LogP contribution is -2.44. The molecule has 0 spiro atoms. The molecule has 1 aliphatic rings. The summed E-state index contributed by atoms with van der Waals surface area (Å²) >= 11 is 0. The van der Waals surface area contributed by atoms with Crippen LogP contribution in [-0.2, 0) is 9.59 Å². The van der Waals surface area contributed by atoms with Crippen LogP contribution in [0.4, 0.5) is 5.82 Å². The average molecular weight is 294 g/mol. The second-order valence-corrected chi connectivity index (χ2v) is 5.87. The van der Waals surface area contributed by atoms with Gasteiger partial charge in [-0.2, -0.15) is 0 Å². The molecule has 7 heteroatoms. The van der Waals surface area contributed by atoms with Gasteiger partial charge in [-0.05, 0) is 19.8 Å². The molecule has 1 aliphatic carbocycles. The summed E-state index contributed by atoms with van der Waals surface area (Å²) in [5, 5.41) is 6.25. The molecular weight excluding hydrogens is 272 g/mol. The second-order valence-electron chi connectivity index (χ2n) is 5.87. The minimum atomic E-state index is -0.398. The highest BCUT2D eigenvalue weighted by Gasteiger charge is 2.32. The van der Waals surface area contributed by atoms with Gasteiger partial charge >= 0.3 is 0 Å². The molecule has 1 fully saturated rings. The van der Waals surface area contributed by atoms with Crippen molar-refractivity contribution in [1.82, 2.24) is 10.1 Å². The van der Waals surface area contributed by atoms with Crippen LogP contribution in [0.15, 0.2) is 10.6 Å². The molecule has 116 valence electrons. The second kappa shape index (κ2) is 6.26. The van der Waals surface area contributed by atoms with Gasteiger partial charge in [-0.25, -0.2) is 0 Å². The predicted octanol–water partition coefficient (Wildman–Crippen LogP) is 1.04. The Morgan fingerprint density at radius 1 is 1.48 bits per heavy atom. The minimum absolute atomic E-state index is 0.0270. The SMILES string of the molecule is Cc1cc(NC(=O)CN(C)C(=O)CC2(N)CCCC2)no1. The number of nitrogens with zero attached hydrogens (tertiary/aromatic N) is 2. The van der Waals surface area contributed by atoms with E-state index in [1.807, 2.05) is 0 Å². The van der Waals surface area contributed by atoms with Crippen molar-refractivity contribution in [1.29, 1.82) is 0 Å². The summed E-state index contributed by atoms with van der Waals surface area (Å²) in [6.45, 7) is 1.71. The van der Waals surface area contributed by atoms with Crippen molar-refractivity contribution in [3.63, 3.8) is 0 Å². The van der Waals surface area contributed by atoms with E-state index in [4.69, 9.17) is 10.3 Å². The van der Waals surface area contributed by atoms with Gasteiger partial charge in [0, 0.05) is 25.1 Å². The van der Waals surface area contributed by atoms with E-state index < -0.39 is 5.54 Å². The molecule has 1 heterocycles. The summed E-state index contributed by atoms with van der Waals surface area (Å²) in [6, 6.07) is 1.62. The Labute approximate surface area is 123 Å². The maximum Gasteiger partial charge on any atom is 0.245 e. The van der Waals surface area contributed by atoms with Gasteiger partial charge in [-0.15, -0.1) is 0 Å². The number of carbonyl (C=O) groups excluding carboxylic acids is 2. The molecule has 0 aliphatic heterocycles. The molecule has 1 aromatic rings. The number of anilines is 1. The number of hydrogen-bond donors (Lipinski definition) is 2. The largest absolute Gasteiger partial charge is 0.360 e. The highest BCUT2D eigenvalue weighted by Crippen LogP contribution is 2.30. The van der Waals surface area contributed by atoms with Crippen LogP contribution in [0, 0.1) is 6.92 Å². The molecular formula is C14H22N4O3. The number of aromatic nitrogens is 1. The van der Waals surface area contributed by atoms with Gasteiger partial charge < -0.3 is 20.5 Å². The van der Waals surface area contributed by atoms with Crippen molar-refractivity contribution >= 4 is 17.6 Å². The molecule has 21 heavy (non-hydrogen) atoms. The van der Waals surface area contributed by atoms with Gasteiger partial charge in [-0.3, -0.25) is 9.59 Å². The predicted molar refractivity (Wildman–Crippen MR) is 77.5 cm³/mol. The van der Waals surface area contributed by atoms with Gasteiger partial charge in [0.2, 0.25) is 11.8 Å². The normalized spacial score (nSPS) is 16.7. The van der Waals surface area contributed by atoms with Crippen LogP contribution < -0.4 is 11.1 Å². The maximum absolute atomic E-state index is 12.1. The smallest absolute Gasteiger partial charge is 0.245 e. The fourth-order valence-corrected chi connectivity index (χ4v) is 2.60. The van der Waals surface area contributed by atoms with Crippen molar-refractivity contribution in [3.05, 3.63) is 11.8 Å². The third-order valence-electron chi connectivity index (χ3n) is 3.80. The van der Waals surface area contributed by atoms with E-state index >= 15 is 0 Å². The molecule has 1 saturated carbocycles. The van der Waals surface area contributed by atoms with Crippen LogP contribution in [0.1, 0.15) is 37.9 Å². The van der Waals surface area contributed by atoms with E-state index in [9.17, 15) is 9.59 Å². The molecule has 2 rings (SSSR count). The number of aryl methyl sites for hydroxylation is 1. The Balaban J connectivity index is 1.81. The van der Waals surface area contributed by atoms with Crippen molar-refractivity contribution in [3.8, 4) is 0 Å². The quantitative estimate of drug-likeness (QED) is 0.845. The molecule has 0 atom stereocenters. The van der Waals surface area contributed by atoms with E-state index in [2.05, 4.69) is 10.5 Å². The molecule has 2 amide bonds. The molecule has 7 nitrogen and oxygen atoms in total. The van der Waals surface area contributed by atoms with Gasteiger partial charge in [0.15, 0.2) is 5.82 Å². The first-order valence-corrected chi connectivity index (χ1v) is 7.14. The lowest BCUT2D eigenvalue weighted by molar-refractivity contribution is -0.134. The molecule has 0 bridgehead atoms. The van der Waals surface area contributed by atoms with Crippen molar-refractivity contribution in [2.75, 3.05) is 18.9 Å². The zero-order valence-electron chi connectivity index (χ0n) is 12.5. The van der Waals surface area contributed by atoms with Gasteiger partial charge in [0.05, 0.1) is 6.54 Å². The van der Waals surface area contributed by atoms with Crippen molar-refractivity contribution in [2.45, 2.75) is 44.6 Å². The van der Waals surface area contributed by atoms with Gasteiger partial charge in [0.25, 0.3) is 0 Å². The Kier molecular flexibility index (Phi) is 4.62. The third kappa shape index (κ3) is 4.29. The maximum atomic E-state index is 12.1. The summed E-state index contributed by atoms with van der Waals surface area (Å²) < 4.78 is 4.86. The topological polar surface area (TPSA) is 101 Å². The van der Waals surface area contributed by atoms with Gasteiger partial charge in [-0.1, -0.05) is 18.0 Å². The summed E-state index contributed by atoms with van der Waals surface area (Å²) in [5.41, 5.74) is 5.79. The number of amides is 2. The Morgan fingerprint density at radius 3 is 2.71 bits per heavy atom. The van der Waals surface area contributed by atoms with E-state index in [-0.39, 0.29) is 18.4 Å². The highest BCUT2D eigenvalue weighted by atomic mass is 16.5. The molecule has 0 radical (unpaired) electrons. The monoisotopic (exact) mass is 294 g/mol. The average Bonchev–Trinajstić information content (AvgIpc) is 2.98. The minimum Gasteiger partial charge on any atom is -0.360 e. The number of hydrogen-bond acceptors (Lipinski definition) is 5. The fraction of sp³-hybridized carbons (Fsp3) is 0.643. The number of nitrogens with one attached hydrogen (secondary N) is 1. The van der Waals surface area contributed by atoms with E-state index in [0.29, 0.717) is 18.0 Å². The first-order chi connectivity index (χ1) is 9.88. The molecule has 1 aromatic heterocycles. The van der Waals surface area contributed by atoms with E-state index in [1.54, 1.807) is 20.0 Å². The standard InChI is InChI=1S/C14H22N4O3/c1-10-7-11(17-21-10)16-12(19)9-18(2)13(20)8-14(15)5-3-4-6-14/h7H,3-6,8-9,15H2,1-2H3,(H,16,17,19). The molecule has 0 unspecified atom stereocenters. The number of nitrogens with two attached hydrogens (primary N) is 1. The molecule has 0 aromatic carbocycles. The zero-order valence-corrected chi connectivity index (χ0v) is 12.5. The van der Waals surface area contributed by atoms with Crippen molar-refractivity contribution in [2.24, 2.45) is 5.73 Å².